The van der Waals surface area contributed by atoms with Crippen LogP contribution in [0, 0.1) is 7.14 Å². The van der Waals surface area contributed by atoms with Crippen molar-refractivity contribution in [3.8, 4) is 22.5 Å². The number of fused-ring (bicyclic) bond motifs is 15. The highest BCUT2D eigenvalue weighted by Crippen LogP contribution is 2.38. The minimum Gasteiger partial charge on any atom is -0.456 e. The molecular weight excluding hydrogens is 1050 g/mol. The largest absolute Gasteiger partial charge is 0.456 e. The van der Waals surface area contributed by atoms with Gasteiger partial charge in [-0.15, -0.1) is 0 Å². The average molecular weight is 1090 g/mol. The molecule has 7 aromatic heterocycles. The quantitative estimate of drug-likeness (QED) is 0.161. The summed E-state index contributed by atoms with van der Waals surface area (Å²) in [4.78, 5) is 13.9. The van der Waals surface area contributed by atoms with Crippen molar-refractivity contribution in [2.24, 2.45) is 0 Å². The number of aromatic nitrogens is 5. The third-order valence-electron chi connectivity index (χ3n) is 12.8. The zero-order chi connectivity index (χ0) is 44.6. The van der Waals surface area contributed by atoms with Crippen LogP contribution in [0.5, 0.6) is 0 Å². The van der Waals surface area contributed by atoms with Crippen molar-refractivity contribution >= 4 is 133 Å². The van der Waals surface area contributed by atoms with Crippen LogP contribution in [-0.4, -0.2) is 24.1 Å². The summed E-state index contributed by atoms with van der Waals surface area (Å²) in [6.45, 7) is 0. The Bertz CT molecular complexity index is 3880. The highest BCUT2D eigenvalue weighted by Gasteiger charge is 2.19. The van der Waals surface area contributed by atoms with Gasteiger partial charge in [-0.05, 0) is 172 Å². The minimum atomic E-state index is 0.861. The predicted octanol–water partition coefficient (Wildman–Crippen LogP) is 16.0. The molecule has 7 nitrogen and oxygen atoms in total. The summed E-state index contributed by atoms with van der Waals surface area (Å²) in [5, 5.41) is 9.22. The van der Waals surface area contributed by atoms with E-state index in [1.165, 1.54) is 51.1 Å². The molecule has 0 amide bonds. The fourth-order valence-electron chi connectivity index (χ4n) is 9.81. The fraction of sp³-hybridized carbons (Fsp3) is 0.0172. The monoisotopic (exact) mass is 1090 g/mol. The third kappa shape index (κ3) is 6.78. The molecule has 0 bridgehead atoms. The van der Waals surface area contributed by atoms with E-state index in [0.717, 1.165) is 84.0 Å². The Morgan fingerprint density at radius 1 is 0.373 bits per heavy atom. The van der Waals surface area contributed by atoms with Crippen LogP contribution in [0.3, 0.4) is 0 Å². The Morgan fingerprint density at radius 3 is 1.37 bits per heavy atom. The van der Waals surface area contributed by atoms with Gasteiger partial charge in [0.2, 0.25) is 0 Å². The number of hydrogen-bond acceptors (Lipinski definition) is 5. The number of hydrogen-bond donors (Lipinski definition) is 0. The molecule has 9 heteroatoms. The average Bonchev–Trinajstić information content (AvgIpc) is 4.19. The van der Waals surface area contributed by atoms with E-state index in [9.17, 15) is 0 Å². The van der Waals surface area contributed by atoms with Gasteiger partial charge < -0.3 is 8.83 Å². The van der Waals surface area contributed by atoms with Crippen LogP contribution in [0.4, 0.5) is 0 Å². The molecule has 67 heavy (non-hydrogen) atoms. The number of benzene rings is 7. The second-order valence-corrected chi connectivity index (χ2v) is 19.1. The lowest BCUT2D eigenvalue weighted by Gasteiger charge is -2.08. The lowest BCUT2D eigenvalue weighted by molar-refractivity contribution is 0.668. The van der Waals surface area contributed by atoms with E-state index in [2.05, 4.69) is 211 Å². The zero-order valence-corrected chi connectivity index (χ0v) is 39.9. The molecule has 0 unspecified atom stereocenters. The van der Waals surface area contributed by atoms with E-state index in [4.69, 9.17) is 18.8 Å². The number of nitrogens with zero attached hydrogens (tertiary/aromatic N) is 5. The Hall–Kier alpha value is -7.35. The molecular formula is C58H35I2N5O2. The van der Waals surface area contributed by atoms with Crippen LogP contribution in [-0.2, 0) is 6.42 Å². The molecule has 7 heterocycles. The maximum atomic E-state index is 6.30. The van der Waals surface area contributed by atoms with Crippen LogP contribution in [0.15, 0.2) is 209 Å². The van der Waals surface area contributed by atoms with Gasteiger partial charge >= 0.3 is 0 Å². The summed E-state index contributed by atoms with van der Waals surface area (Å²) < 4.78 is 19.0. The number of furan rings is 2. The van der Waals surface area contributed by atoms with Crippen molar-refractivity contribution in [1.82, 2.24) is 24.1 Å². The molecule has 0 aliphatic heterocycles. The summed E-state index contributed by atoms with van der Waals surface area (Å²) in [6.07, 6.45) is 6.57. The van der Waals surface area contributed by atoms with E-state index in [1.807, 2.05) is 48.9 Å². The minimum absolute atomic E-state index is 0.861. The van der Waals surface area contributed by atoms with Crippen molar-refractivity contribution in [2.45, 2.75) is 6.42 Å². The molecule has 0 radical (unpaired) electrons. The maximum absolute atomic E-state index is 6.30. The zero-order valence-electron chi connectivity index (χ0n) is 35.6. The van der Waals surface area contributed by atoms with E-state index in [-0.39, 0.29) is 0 Å². The van der Waals surface area contributed by atoms with E-state index >= 15 is 0 Å². The van der Waals surface area contributed by atoms with Crippen molar-refractivity contribution in [3.63, 3.8) is 0 Å². The number of halogens is 2. The topological polar surface area (TPSA) is 74.8 Å². The van der Waals surface area contributed by atoms with Crippen LogP contribution >= 0.6 is 45.2 Å². The van der Waals surface area contributed by atoms with Gasteiger partial charge in [0.05, 0.1) is 16.7 Å². The summed E-state index contributed by atoms with van der Waals surface area (Å²) in [7, 11) is 0. The molecule has 0 saturated heterocycles. The molecule has 1 aliphatic rings. The molecule has 0 N–H and O–H groups in total. The standard InChI is InChI=1S/C34H20N4O.C12H6I2O.C12H9N/c1-3-11-29-23(7-1)25-9-5-17-35-33(25)37(29)21-13-15-31-27(19-21)28-20-22(14-16-32(28)39-31)38-30-12-4-2-8-24(30)26-10-6-18-36-34(26)38;13-7-1-3-11-9(5-7)10-6-8(14)2-4-12(10)15-11;1-2-5-10-9(4-1)8-12-11(10)6-3-7-13-12/h1-20H;1-6H;1-7H,8H2. The molecule has 318 valence electrons. The first-order chi connectivity index (χ1) is 33.0. The first-order valence-electron chi connectivity index (χ1n) is 22.0. The molecule has 1 aliphatic carbocycles. The van der Waals surface area contributed by atoms with E-state index in [0.29, 0.717) is 0 Å². The summed E-state index contributed by atoms with van der Waals surface area (Å²) >= 11 is 4.65. The number of para-hydroxylation sites is 2. The molecule has 15 rings (SSSR count). The third-order valence-corrected chi connectivity index (χ3v) is 14.1. The normalized spacial score (nSPS) is 12.0. The Labute approximate surface area is 410 Å². The summed E-state index contributed by atoms with van der Waals surface area (Å²) in [6, 6.07) is 63.2. The predicted molar refractivity (Wildman–Crippen MR) is 290 cm³/mol. The maximum Gasteiger partial charge on any atom is 0.145 e. The Morgan fingerprint density at radius 2 is 0.806 bits per heavy atom. The fourth-order valence-corrected chi connectivity index (χ4v) is 10.8. The second kappa shape index (κ2) is 16.2. The van der Waals surface area contributed by atoms with Gasteiger partial charge in [0.15, 0.2) is 0 Å². The highest BCUT2D eigenvalue weighted by atomic mass is 127. The number of pyridine rings is 3. The number of rotatable bonds is 2. The molecule has 7 aromatic carbocycles. The van der Waals surface area contributed by atoms with Crippen molar-refractivity contribution in [3.05, 3.63) is 219 Å². The van der Waals surface area contributed by atoms with Crippen LogP contribution < -0.4 is 0 Å². The highest BCUT2D eigenvalue weighted by molar-refractivity contribution is 14.1. The smallest absolute Gasteiger partial charge is 0.145 e. The van der Waals surface area contributed by atoms with Gasteiger partial charge in [0.25, 0.3) is 0 Å². The van der Waals surface area contributed by atoms with Gasteiger partial charge in [-0.2, -0.15) is 0 Å². The lowest BCUT2D eigenvalue weighted by Crippen LogP contribution is -1.95. The van der Waals surface area contributed by atoms with Gasteiger partial charge in [0, 0.05) is 92.2 Å². The van der Waals surface area contributed by atoms with Crippen LogP contribution in [0.2, 0.25) is 0 Å². The van der Waals surface area contributed by atoms with Gasteiger partial charge in [0.1, 0.15) is 33.6 Å². The Kier molecular flexibility index (Phi) is 9.67. The SMILES string of the molecule is Ic1ccc2oc3ccc(I)cc3c2c1.c1ccc2c(c1)Cc1ncccc1-2.c1ccc2c(c1)c1cccnc1n2-c1ccc2oc3ccc(-n4c5ccccc5c5cccnc54)cc3c2c1. The summed E-state index contributed by atoms with van der Waals surface area (Å²) in [5.74, 6) is 0. The molecule has 0 spiro atoms. The van der Waals surface area contributed by atoms with E-state index < -0.39 is 0 Å². The second-order valence-electron chi connectivity index (χ2n) is 16.6. The van der Waals surface area contributed by atoms with Crippen LogP contribution in [0.25, 0.3) is 110 Å². The van der Waals surface area contributed by atoms with Gasteiger partial charge in [-0.3, -0.25) is 14.1 Å². The van der Waals surface area contributed by atoms with Crippen molar-refractivity contribution < 1.29 is 8.83 Å². The van der Waals surface area contributed by atoms with Gasteiger partial charge in [-0.1, -0.05) is 66.7 Å². The molecule has 0 atom stereocenters. The molecule has 14 aromatic rings. The van der Waals surface area contributed by atoms with Crippen LogP contribution in [0.1, 0.15) is 11.3 Å². The van der Waals surface area contributed by atoms with Crippen molar-refractivity contribution in [1.29, 1.82) is 0 Å². The molecule has 0 saturated carbocycles. The van der Waals surface area contributed by atoms with E-state index in [1.54, 1.807) is 0 Å². The van der Waals surface area contributed by atoms with Gasteiger partial charge in [-0.25, -0.2) is 9.97 Å². The summed E-state index contributed by atoms with van der Waals surface area (Å²) in [5.41, 5.74) is 15.2. The first kappa shape index (κ1) is 40.0. The Balaban J connectivity index is 0.000000129. The molecule has 0 fully saturated rings. The van der Waals surface area contributed by atoms with Crippen molar-refractivity contribution in [2.75, 3.05) is 0 Å². The first-order valence-corrected chi connectivity index (χ1v) is 24.1. The lowest BCUT2D eigenvalue weighted by atomic mass is 10.1.